The zero-order valence-corrected chi connectivity index (χ0v) is 10.8. The fraction of sp³-hybridized carbons (Fsp3) is 0.615. The Bertz CT molecular complexity index is 392. The van der Waals surface area contributed by atoms with E-state index in [2.05, 4.69) is 30.7 Å². The van der Waals surface area contributed by atoms with Crippen molar-refractivity contribution in [3.8, 4) is 0 Å². The Morgan fingerprint density at radius 3 is 3.00 bits per heavy atom. The van der Waals surface area contributed by atoms with Gasteiger partial charge in [-0.3, -0.25) is 4.90 Å². The van der Waals surface area contributed by atoms with Crippen molar-refractivity contribution >= 4 is 5.82 Å². The van der Waals surface area contributed by atoms with Crippen LogP contribution in [0.5, 0.6) is 0 Å². The van der Waals surface area contributed by atoms with Crippen molar-refractivity contribution in [2.45, 2.75) is 39.0 Å². The van der Waals surface area contributed by atoms with Gasteiger partial charge in [-0.25, -0.2) is 4.98 Å². The number of morpholine rings is 1. The Labute approximate surface area is 103 Å². The molecule has 2 heterocycles. The first-order valence-corrected chi connectivity index (χ1v) is 6.06. The number of aromatic nitrogens is 1. The summed E-state index contributed by atoms with van der Waals surface area (Å²) in [6.45, 7) is 9.07. The first-order valence-electron chi connectivity index (χ1n) is 6.06. The molecule has 0 saturated carbocycles. The molecule has 4 heteroatoms. The molecule has 0 bridgehead atoms. The highest BCUT2D eigenvalue weighted by Crippen LogP contribution is 2.23. The van der Waals surface area contributed by atoms with Gasteiger partial charge in [0, 0.05) is 31.4 Å². The van der Waals surface area contributed by atoms with E-state index < -0.39 is 0 Å². The second-order valence-corrected chi connectivity index (χ2v) is 5.41. The summed E-state index contributed by atoms with van der Waals surface area (Å²) in [4.78, 5) is 6.50. The second-order valence-electron chi connectivity index (χ2n) is 5.41. The maximum Gasteiger partial charge on any atom is 0.127 e. The van der Waals surface area contributed by atoms with Gasteiger partial charge >= 0.3 is 0 Å². The predicted molar refractivity (Wildman–Crippen MR) is 68.6 cm³/mol. The Balaban J connectivity index is 2.06. The third-order valence-corrected chi connectivity index (χ3v) is 2.96. The van der Waals surface area contributed by atoms with Crippen molar-refractivity contribution in [1.29, 1.82) is 0 Å². The van der Waals surface area contributed by atoms with Gasteiger partial charge in [-0.2, -0.15) is 0 Å². The van der Waals surface area contributed by atoms with E-state index in [1.54, 1.807) is 6.20 Å². The number of nitrogens with two attached hydrogens (primary N) is 1. The smallest absolute Gasteiger partial charge is 0.127 e. The van der Waals surface area contributed by atoms with E-state index in [1.807, 2.05) is 12.1 Å². The lowest BCUT2D eigenvalue weighted by Gasteiger charge is -2.41. The molecular formula is C13H21N3O. The molecule has 1 saturated heterocycles. The van der Waals surface area contributed by atoms with Gasteiger partial charge in [0.1, 0.15) is 5.82 Å². The summed E-state index contributed by atoms with van der Waals surface area (Å²) in [6, 6.07) is 3.97. The van der Waals surface area contributed by atoms with Crippen LogP contribution in [0.1, 0.15) is 26.3 Å². The fourth-order valence-corrected chi connectivity index (χ4v) is 2.53. The van der Waals surface area contributed by atoms with Gasteiger partial charge in [0.25, 0.3) is 0 Å². The van der Waals surface area contributed by atoms with Crippen LogP contribution in [0, 0.1) is 0 Å². The van der Waals surface area contributed by atoms with Crippen molar-refractivity contribution in [1.82, 2.24) is 9.88 Å². The molecule has 94 valence electrons. The number of pyridine rings is 1. The molecule has 0 aliphatic carbocycles. The van der Waals surface area contributed by atoms with Gasteiger partial charge in [0.2, 0.25) is 0 Å². The molecule has 0 amide bonds. The van der Waals surface area contributed by atoms with Crippen LogP contribution >= 0.6 is 0 Å². The minimum atomic E-state index is -0.0887. The molecule has 0 radical (unpaired) electrons. The molecule has 1 atom stereocenters. The predicted octanol–water partition coefficient (Wildman–Crippen LogP) is 1.66. The highest BCUT2D eigenvalue weighted by molar-refractivity contribution is 5.38. The molecule has 1 aromatic rings. The summed E-state index contributed by atoms with van der Waals surface area (Å²) in [6.07, 6.45) is 1.99. The minimum Gasteiger partial charge on any atom is -0.383 e. The van der Waals surface area contributed by atoms with E-state index in [0.717, 1.165) is 25.2 Å². The number of hydrogen-bond acceptors (Lipinski definition) is 4. The molecule has 2 rings (SSSR count). The lowest BCUT2D eigenvalue weighted by molar-refractivity contribution is -0.130. The van der Waals surface area contributed by atoms with E-state index in [-0.39, 0.29) is 11.7 Å². The monoisotopic (exact) mass is 235 g/mol. The third kappa shape index (κ3) is 3.17. The van der Waals surface area contributed by atoms with Crippen LogP contribution < -0.4 is 5.73 Å². The Morgan fingerprint density at radius 1 is 1.59 bits per heavy atom. The number of nitrogen functional groups attached to an aromatic ring is 1. The van der Waals surface area contributed by atoms with Crippen LogP contribution in [0.3, 0.4) is 0 Å². The van der Waals surface area contributed by atoms with Crippen LogP contribution in [0.2, 0.25) is 0 Å². The Kier molecular flexibility index (Phi) is 3.35. The van der Waals surface area contributed by atoms with Crippen molar-refractivity contribution in [3.63, 3.8) is 0 Å². The van der Waals surface area contributed by atoms with Crippen molar-refractivity contribution in [2.75, 3.05) is 18.8 Å². The molecule has 17 heavy (non-hydrogen) atoms. The third-order valence-electron chi connectivity index (χ3n) is 2.96. The van der Waals surface area contributed by atoms with Crippen LogP contribution in [0.4, 0.5) is 5.82 Å². The Morgan fingerprint density at radius 2 is 2.35 bits per heavy atom. The molecule has 1 aliphatic heterocycles. The summed E-state index contributed by atoms with van der Waals surface area (Å²) in [7, 11) is 0. The van der Waals surface area contributed by atoms with Crippen molar-refractivity contribution in [2.24, 2.45) is 0 Å². The average molecular weight is 235 g/mol. The molecule has 0 aromatic carbocycles. The first-order chi connectivity index (χ1) is 7.96. The average Bonchev–Trinajstić information content (AvgIpc) is 2.18. The lowest BCUT2D eigenvalue weighted by Crippen LogP contribution is -2.51. The second kappa shape index (κ2) is 4.63. The largest absolute Gasteiger partial charge is 0.383 e. The SMILES string of the molecule is CC1CN(Cc2cccnc2N)CC(C)(C)O1. The molecule has 2 N–H and O–H groups in total. The maximum atomic E-state index is 5.88. The quantitative estimate of drug-likeness (QED) is 0.847. The normalized spacial score (nSPS) is 24.8. The molecular weight excluding hydrogens is 214 g/mol. The molecule has 0 spiro atoms. The summed E-state index contributed by atoms with van der Waals surface area (Å²) in [5, 5.41) is 0. The standard InChI is InChI=1S/C13H21N3O/c1-10-7-16(9-13(2,3)17-10)8-11-5-4-6-15-12(11)14/h4-6,10H,7-9H2,1-3H3,(H2,14,15). The summed E-state index contributed by atoms with van der Waals surface area (Å²) >= 11 is 0. The van der Waals surface area contributed by atoms with Gasteiger partial charge < -0.3 is 10.5 Å². The number of hydrogen-bond donors (Lipinski definition) is 1. The zero-order chi connectivity index (χ0) is 12.5. The maximum absolute atomic E-state index is 5.88. The number of nitrogens with zero attached hydrogens (tertiary/aromatic N) is 2. The zero-order valence-electron chi connectivity index (χ0n) is 10.8. The van der Waals surface area contributed by atoms with Crippen molar-refractivity contribution in [3.05, 3.63) is 23.9 Å². The van der Waals surface area contributed by atoms with E-state index in [0.29, 0.717) is 5.82 Å². The van der Waals surface area contributed by atoms with Crippen LogP contribution in [-0.4, -0.2) is 34.7 Å². The van der Waals surface area contributed by atoms with Gasteiger partial charge in [-0.05, 0) is 26.8 Å². The molecule has 1 unspecified atom stereocenters. The Hall–Kier alpha value is -1.13. The fourth-order valence-electron chi connectivity index (χ4n) is 2.53. The number of rotatable bonds is 2. The van der Waals surface area contributed by atoms with Crippen LogP contribution in [0.15, 0.2) is 18.3 Å². The lowest BCUT2D eigenvalue weighted by atomic mass is 10.0. The van der Waals surface area contributed by atoms with E-state index in [4.69, 9.17) is 10.5 Å². The molecule has 1 fully saturated rings. The molecule has 4 nitrogen and oxygen atoms in total. The molecule has 1 aromatic heterocycles. The van der Waals surface area contributed by atoms with Gasteiger partial charge in [0.15, 0.2) is 0 Å². The van der Waals surface area contributed by atoms with E-state index in [1.165, 1.54) is 0 Å². The van der Waals surface area contributed by atoms with Crippen molar-refractivity contribution < 1.29 is 4.74 Å². The first kappa shape index (κ1) is 12.3. The van der Waals surface area contributed by atoms with E-state index >= 15 is 0 Å². The van der Waals surface area contributed by atoms with Crippen LogP contribution in [-0.2, 0) is 11.3 Å². The van der Waals surface area contributed by atoms with Gasteiger partial charge in [0.05, 0.1) is 11.7 Å². The summed E-state index contributed by atoms with van der Waals surface area (Å²) < 4.78 is 5.88. The number of anilines is 1. The molecule has 1 aliphatic rings. The topological polar surface area (TPSA) is 51.4 Å². The highest BCUT2D eigenvalue weighted by atomic mass is 16.5. The highest BCUT2D eigenvalue weighted by Gasteiger charge is 2.31. The van der Waals surface area contributed by atoms with Gasteiger partial charge in [-0.15, -0.1) is 0 Å². The number of ether oxygens (including phenoxy) is 1. The van der Waals surface area contributed by atoms with E-state index in [9.17, 15) is 0 Å². The summed E-state index contributed by atoms with van der Waals surface area (Å²) in [5.41, 5.74) is 6.88. The van der Waals surface area contributed by atoms with Crippen LogP contribution in [0.25, 0.3) is 0 Å². The summed E-state index contributed by atoms with van der Waals surface area (Å²) in [5.74, 6) is 0.629. The minimum absolute atomic E-state index is 0.0887. The van der Waals surface area contributed by atoms with Gasteiger partial charge in [-0.1, -0.05) is 6.07 Å².